The van der Waals surface area contributed by atoms with Crippen LogP contribution >= 0.6 is 11.3 Å². The number of urea groups is 1. The van der Waals surface area contributed by atoms with Gasteiger partial charge in [0.05, 0.1) is 6.54 Å². The van der Waals surface area contributed by atoms with Crippen molar-refractivity contribution in [3.05, 3.63) is 46.4 Å². The predicted molar refractivity (Wildman–Crippen MR) is 129 cm³/mol. The molecule has 6 nitrogen and oxygen atoms in total. The number of carbonyl (C=O) groups is 2. The molecule has 2 atom stereocenters. The Balaban J connectivity index is 1.44. The van der Waals surface area contributed by atoms with E-state index >= 15 is 0 Å². The molecular weight excluding hydrogens is 420 g/mol. The first-order chi connectivity index (χ1) is 15.1. The standard InChI is InChI=1S/C25H34N4O2S/c1-17(2)28(23(31)26-18-9-7-6-8-10-18)13-21-27-20(14-32-21)22(30)29-16-25(5)12-19(29)11-24(3,4)15-25/h6-10,14,17,19H,11-13,15-16H2,1-5H3,(H,26,31). The van der Waals surface area contributed by atoms with Crippen molar-refractivity contribution in [1.82, 2.24) is 14.8 Å². The molecular formula is C25H34N4O2S. The quantitative estimate of drug-likeness (QED) is 0.637. The number of para-hydroxylation sites is 1. The fourth-order valence-electron chi connectivity index (χ4n) is 5.68. The minimum absolute atomic E-state index is 0.00164. The van der Waals surface area contributed by atoms with Gasteiger partial charge in [-0.2, -0.15) is 0 Å². The zero-order valence-electron chi connectivity index (χ0n) is 19.7. The number of aromatic nitrogens is 1. The molecule has 172 valence electrons. The number of fused-ring (bicyclic) bond motifs is 2. The Hall–Kier alpha value is -2.41. The van der Waals surface area contributed by atoms with Gasteiger partial charge in [0.25, 0.3) is 5.91 Å². The summed E-state index contributed by atoms with van der Waals surface area (Å²) in [5.41, 5.74) is 1.73. The Morgan fingerprint density at radius 1 is 1.22 bits per heavy atom. The molecule has 32 heavy (non-hydrogen) atoms. The SMILES string of the molecule is CC(C)N(Cc1nc(C(=O)N2CC3(C)CC2CC(C)(C)C3)cs1)C(=O)Nc1ccccc1. The van der Waals surface area contributed by atoms with E-state index in [-0.39, 0.29) is 28.8 Å². The third kappa shape index (κ3) is 4.82. The van der Waals surface area contributed by atoms with Crippen LogP contribution in [0.2, 0.25) is 0 Å². The topological polar surface area (TPSA) is 65.5 Å². The molecule has 2 aliphatic rings. The van der Waals surface area contributed by atoms with E-state index in [1.54, 1.807) is 4.90 Å². The van der Waals surface area contributed by atoms with Crippen LogP contribution in [0.25, 0.3) is 0 Å². The van der Waals surface area contributed by atoms with Crippen LogP contribution in [0.4, 0.5) is 10.5 Å². The number of nitrogens with one attached hydrogen (secondary N) is 1. The summed E-state index contributed by atoms with van der Waals surface area (Å²) in [6.45, 7) is 12.1. The van der Waals surface area contributed by atoms with Crippen molar-refractivity contribution in [2.75, 3.05) is 11.9 Å². The normalized spacial score (nSPS) is 23.9. The number of hydrogen-bond acceptors (Lipinski definition) is 4. The van der Waals surface area contributed by atoms with Crippen LogP contribution in [0.15, 0.2) is 35.7 Å². The second kappa shape index (κ2) is 8.50. The monoisotopic (exact) mass is 454 g/mol. The molecule has 2 heterocycles. The predicted octanol–water partition coefficient (Wildman–Crippen LogP) is 5.63. The van der Waals surface area contributed by atoms with E-state index in [2.05, 4.69) is 36.0 Å². The van der Waals surface area contributed by atoms with Crippen molar-refractivity contribution in [2.24, 2.45) is 10.8 Å². The van der Waals surface area contributed by atoms with Crippen molar-refractivity contribution in [3.63, 3.8) is 0 Å². The maximum Gasteiger partial charge on any atom is 0.322 e. The molecule has 1 saturated carbocycles. The van der Waals surface area contributed by atoms with E-state index in [9.17, 15) is 9.59 Å². The number of benzene rings is 1. The number of nitrogens with zero attached hydrogens (tertiary/aromatic N) is 3. The second-order valence-electron chi connectivity index (χ2n) is 10.8. The fourth-order valence-corrected chi connectivity index (χ4v) is 6.44. The number of likely N-dealkylation sites (tertiary alicyclic amines) is 1. The first-order valence-corrected chi connectivity index (χ1v) is 12.3. The van der Waals surface area contributed by atoms with Gasteiger partial charge in [-0.15, -0.1) is 11.3 Å². The Kier molecular flexibility index (Phi) is 6.05. The molecule has 2 unspecified atom stereocenters. The van der Waals surface area contributed by atoms with Crippen LogP contribution < -0.4 is 5.32 Å². The number of thiazole rings is 1. The van der Waals surface area contributed by atoms with Gasteiger partial charge in [0.1, 0.15) is 10.7 Å². The summed E-state index contributed by atoms with van der Waals surface area (Å²) in [5, 5.41) is 5.57. The number of rotatable bonds is 5. The van der Waals surface area contributed by atoms with Crippen molar-refractivity contribution < 1.29 is 9.59 Å². The van der Waals surface area contributed by atoms with Gasteiger partial charge >= 0.3 is 6.03 Å². The Morgan fingerprint density at radius 3 is 2.62 bits per heavy atom. The van der Waals surface area contributed by atoms with E-state index in [4.69, 9.17) is 0 Å². The van der Waals surface area contributed by atoms with Gasteiger partial charge in [0.2, 0.25) is 0 Å². The average molecular weight is 455 g/mol. The van der Waals surface area contributed by atoms with E-state index in [0.29, 0.717) is 18.3 Å². The minimum atomic E-state index is -0.169. The van der Waals surface area contributed by atoms with Crippen LogP contribution in [0.5, 0.6) is 0 Å². The van der Waals surface area contributed by atoms with E-state index in [0.717, 1.165) is 36.5 Å². The number of amides is 3. The zero-order chi connectivity index (χ0) is 23.1. The molecule has 2 aromatic rings. The van der Waals surface area contributed by atoms with E-state index in [1.165, 1.54) is 11.3 Å². The van der Waals surface area contributed by atoms with Gasteiger partial charge in [-0.3, -0.25) is 4.79 Å². The average Bonchev–Trinajstić information content (AvgIpc) is 3.27. The summed E-state index contributed by atoms with van der Waals surface area (Å²) in [7, 11) is 0. The maximum atomic E-state index is 13.3. The molecule has 3 amide bonds. The first kappa shape index (κ1) is 22.8. The lowest BCUT2D eigenvalue weighted by molar-refractivity contribution is 0.0703. The van der Waals surface area contributed by atoms with Gasteiger partial charge in [-0.25, -0.2) is 9.78 Å². The Bertz CT molecular complexity index is 987. The van der Waals surface area contributed by atoms with Crippen LogP contribution in [0, 0.1) is 10.8 Å². The molecule has 1 aromatic heterocycles. The van der Waals surface area contributed by atoms with Crippen LogP contribution in [0.3, 0.4) is 0 Å². The molecule has 2 bridgehead atoms. The van der Waals surface area contributed by atoms with Crippen molar-refractivity contribution in [2.45, 2.75) is 72.5 Å². The van der Waals surface area contributed by atoms with Crippen LogP contribution in [0.1, 0.15) is 69.4 Å². The first-order valence-electron chi connectivity index (χ1n) is 11.4. The van der Waals surface area contributed by atoms with Gasteiger partial charge in [0.15, 0.2) is 0 Å². The van der Waals surface area contributed by atoms with Gasteiger partial charge in [-0.05, 0) is 56.1 Å². The summed E-state index contributed by atoms with van der Waals surface area (Å²) >= 11 is 1.45. The highest BCUT2D eigenvalue weighted by atomic mass is 32.1. The van der Waals surface area contributed by atoms with Gasteiger partial charge < -0.3 is 15.1 Å². The molecule has 0 radical (unpaired) electrons. The Morgan fingerprint density at radius 2 is 1.94 bits per heavy atom. The van der Waals surface area contributed by atoms with Crippen LogP contribution in [-0.4, -0.2) is 45.4 Å². The number of anilines is 1. The largest absolute Gasteiger partial charge is 0.334 e. The molecule has 1 saturated heterocycles. The summed E-state index contributed by atoms with van der Waals surface area (Å²) in [6, 6.07) is 9.56. The molecule has 1 N–H and O–H groups in total. The minimum Gasteiger partial charge on any atom is -0.334 e. The molecule has 0 spiro atoms. The van der Waals surface area contributed by atoms with Crippen LogP contribution in [-0.2, 0) is 6.54 Å². The summed E-state index contributed by atoms with van der Waals surface area (Å²) in [5.74, 6) is 0.0313. The maximum absolute atomic E-state index is 13.3. The van der Waals surface area contributed by atoms with Crippen molar-refractivity contribution >= 4 is 29.0 Å². The lowest BCUT2D eigenvalue weighted by atomic mass is 9.65. The molecule has 7 heteroatoms. The third-order valence-electron chi connectivity index (χ3n) is 6.66. The van der Waals surface area contributed by atoms with Crippen molar-refractivity contribution in [3.8, 4) is 0 Å². The Labute approximate surface area is 195 Å². The summed E-state index contributed by atoms with van der Waals surface area (Å²) < 4.78 is 0. The second-order valence-corrected chi connectivity index (χ2v) is 11.7. The highest BCUT2D eigenvalue weighted by Gasteiger charge is 2.51. The summed E-state index contributed by atoms with van der Waals surface area (Å²) in [6.07, 6.45) is 3.29. The number of carbonyl (C=O) groups excluding carboxylic acids is 2. The fraction of sp³-hybridized carbons (Fsp3) is 0.560. The van der Waals surface area contributed by atoms with Crippen molar-refractivity contribution in [1.29, 1.82) is 0 Å². The van der Waals surface area contributed by atoms with Gasteiger partial charge in [-0.1, -0.05) is 39.0 Å². The molecule has 4 rings (SSSR count). The van der Waals surface area contributed by atoms with Gasteiger partial charge in [0, 0.05) is 29.7 Å². The molecule has 1 aromatic carbocycles. The van der Waals surface area contributed by atoms with E-state index in [1.807, 2.05) is 49.6 Å². The molecule has 2 fully saturated rings. The lowest BCUT2D eigenvalue weighted by Crippen LogP contribution is -2.39. The summed E-state index contributed by atoms with van der Waals surface area (Å²) in [4.78, 5) is 34.6. The lowest BCUT2D eigenvalue weighted by Gasteiger charge is -2.39. The molecule has 1 aliphatic carbocycles. The zero-order valence-corrected chi connectivity index (χ0v) is 20.5. The smallest absolute Gasteiger partial charge is 0.322 e. The third-order valence-corrected chi connectivity index (χ3v) is 7.49. The highest BCUT2D eigenvalue weighted by Crippen LogP contribution is 2.52. The van der Waals surface area contributed by atoms with E-state index < -0.39 is 0 Å². The molecule has 1 aliphatic heterocycles. The highest BCUT2D eigenvalue weighted by molar-refractivity contribution is 7.09. The number of hydrogen-bond donors (Lipinski definition) is 1.